The van der Waals surface area contributed by atoms with E-state index in [-0.39, 0.29) is 0 Å². The highest BCUT2D eigenvalue weighted by Gasteiger charge is 2.18. The van der Waals surface area contributed by atoms with Gasteiger partial charge in [-0.05, 0) is 53.6 Å². The van der Waals surface area contributed by atoms with E-state index in [2.05, 4.69) is 0 Å². The van der Waals surface area contributed by atoms with Crippen LogP contribution in [0.3, 0.4) is 0 Å². The zero-order chi connectivity index (χ0) is 13.4. The van der Waals surface area contributed by atoms with Crippen LogP contribution in [0.1, 0.15) is 30.1 Å². The Morgan fingerprint density at radius 2 is 1.68 bits per heavy atom. The normalized spacial score (nSPS) is 18.2. The lowest BCUT2D eigenvalue weighted by molar-refractivity contribution is 0.156. The van der Waals surface area contributed by atoms with E-state index in [1.165, 1.54) is 6.07 Å². The molecular formula is C16H14F2O. The van der Waals surface area contributed by atoms with E-state index >= 15 is 0 Å². The van der Waals surface area contributed by atoms with Gasteiger partial charge in [-0.25, -0.2) is 8.78 Å². The summed E-state index contributed by atoms with van der Waals surface area (Å²) >= 11 is 0. The first-order valence-corrected chi connectivity index (χ1v) is 6.41. The Bertz CT molecular complexity index is 622. The molecule has 1 aliphatic carbocycles. The minimum absolute atomic E-state index is 0.400. The molecule has 2 aromatic carbocycles. The van der Waals surface area contributed by atoms with Gasteiger partial charge in [0.1, 0.15) is 0 Å². The van der Waals surface area contributed by atoms with Crippen LogP contribution < -0.4 is 0 Å². The first-order valence-electron chi connectivity index (χ1n) is 6.41. The lowest BCUT2D eigenvalue weighted by Gasteiger charge is -2.22. The average molecular weight is 260 g/mol. The second-order valence-electron chi connectivity index (χ2n) is 4.95. The summed E-state index contributed by atoms with van der Waals surface area (Å²) in [7, 11) is 0. The number of rotatable bonds is 1. The van der Waals surface area contributed by atoms with Gasteiger partial charge in [0.25, 0.3) is 0 Å². The van der Waals surface area contributed by atoms with Crippen LogP contribution in [0.2, 0.25) is 0 Å². The quantitative estimate of drug-likeness (QED) is 0.821. The summed E-state index contributed by atoms with van der Waals surface area (Å²) in [4.78, 5) is 0. The van der Waals surface area contributed by atoms with Crippen LogP contribution >= 0.6 is 0 Å². The molecule has 1 N–H and O–H groups in total. The molecule has 3 heteroatoms. The fraction of sp³-hybridized carbons (Fsp3) is 0.250. The molecule has 0 saturated heterocycles. The van der Waals surface area contributed by atoms with Gasteiger partial charge >= 0.3 is 0 Å². The van der Waals surface area contributed by atoms with Crippen molar-refractivity contribution in [2.24, 2.45) is 0 Å². The van der Waals surface area contributed by atoms with Gasteiger partial charge in [-0.2, -0.15) is 0 Å². The smallest absolute Gasteiger partial charge is 0.159 e. The molecule has 0 bridgehead atoms. The van der Waals surface area contributed by atoms with Crippen molar-refractivity contribution in [2.45, 2.75) is 25.4 Å². The molecule has 98 valence electrons. The predicted octanol–water partition coefficient (Wildman–Crippen LogP) is 4.00. The molecule has 1 aliphatic rings. The third-order valence-corrected chi connectivity index (χ3v) is 3.68. The summed E-state index contributed by atoms with van der Waals surface area (Å²) in [5.74, 6) is -1.67. The molecule has 0 spiro atoms. The molecule has 1 nitrogen and oxygen atoms in total. The van der Waals surface area contributed by atoms with Crippen molar-refractivity contribution in [3.05, 3.63) is 59.2 Å². The van der Waals surface area contributed by atoms with Crippen molar-refractivity contribution in [3.63, 3.8) is 0 Å². The second kappa shape index (κ2) is 4.74. The summed E-state index contributed by atoms with van der Waals surface area (Å²) in [6.07, 6.45) is 2.26. The summed E-state index contributed by atoms with van der Waals surface area (Å²) < 4.78 is 26.2. The van der Waals surface area contributed by atoms with Crippen molar-refractivity contribution < 1.29 is 13.9 Å². The molecule has 0 unspecified atom stereocenters. The second-order valence-corrected chi connectivity index (χ2v) is 4.95. The van der Waals surface area contributed by atoms with Gasteiger partial charge in [0, 0.05) is 0 Å². The molecule has 1 atom stereocenters. The van der Waals surface area contributed by atoms with Crippen molar-refractivity contribution in [3.8, 4) is 11.1 Å². The van der Waals surface area contributed by atoms with E-state index < -0.39 is 17.7 Å². The van der Waals surface area contributed by atoms with Gasteiger partial charge in [-0.3, -0.25) is 0 Å². The molecule has 0 amide bonds. The summed E-state index contributed by atoms with van der Waals surface area (Å²) in [5, 5.41) is 9.89. The van der Waals surface area contributed by atoms with Crippen LogP contribution in [-0.2, 0) is 6.42 Å². The van der Waals surface area contributed by atoms with E-state index in [1.807, 2.05) is 18.2 Å². The van der Waals surface area contributed by atoms with Gasteiger partial charge in [-0.15, -0.1) is 0 Å². The Morgan fingerprint density at radius 3 is 2.47 bits per heavy atom. The Morgan fingerprint density at radius 1 is 0.947 bits per heavy atom. The van der Waals surface area contributed by atoms with Gasteiger partial charge in [0.15, 0.2) is 11.6 Å². The Kier molecular flexibility index (Phi) is 3.07. The molecule has 0 fully saturated rings. The first-order chi connectivity index (χ1) is 9.15. The molecule has 0 aliphatic heterocycles. The predicted molar refractivity (Wildman–Crippen MR) is 69.7 cm³/mol. The highest BCUT2D eigenvalue weighted by Crippen LogP contribution is 2.33. The first kappa shape index (κ1) is 12.3. The van der Waals surface area contributed by atoms with E-state index in [4.69, 9.17) is 0 Å². The lowest BCUT2D eigenvalue weighted by Crippen LogP contribution is -2.08. The number of aliphatic hydroxyl groups excluding tert-OH is 1. The van der Waals surface area contributed by atoms with E-state index in [9.17, 15) is 13.9 Å². The van der Waals surface area contributed by atoms with Crippen molar-refractivity contribution in [1.29, 1.82) is 0 Å². The Balaban J connectivity index is 2.04. The topological polar surface area (TPSA) is 20.2 Å². The van der Waals surface area contributed by atoms with Gasteiger partial charge < -0.3 is 5.11 Å². The fourth-order valence-corrected chi connectivity index (χ4v) is 2.64. The molecular weight excluding hydrogens is 246 g/mol. The fourth-order valence-electron chi connectivity index (χ4n) is 2.64. The number of hydrogen-bond acceptors (Lipinski definition) is 1. The van der Waals surface area contributed by atoms with Crippen LogP contribution in [-0.4, -0.2) is 5.11 Å². The van der Waals surface area contributed by atoms with Crippen LogP contribution in [0.25, 0.3) is 11.1 Å². The van der Waals surface area contributed by atoms with Crippen molar-refractivity contribution >= 4 is 0 Å². The zero-order valence-electron chi connectivity index (χ0n) is 10.4. The summed E-state index contributed by atoms with van der Waals surface area (Å²) in [5.41, 5.74) is 3.56. The maximum atomic E-state index is 13.3. The molecule has 3 rings (SSSR count). The summed E-state index contributed by atoms with van der Waals surface area (Å²) in [6, 6.07) is 9.61. The lowest BCUT2D eigenvalue weighted by atomic mass is 9.87. The molecule has 0 saturated carbocycles. The van der Waals surface area contributed by atoms with E-state index in [0.29, 0.717) is 5.56 Å². The van der Waals surface area contributed by atoms with Gasteiger partial charge in [-0.1, -0.05) is 24.3 Å². The largest absolute Gasteiger partial charge is 0.388 e. The Labute approximate surface area is 110 Å². The van der Waals surface area contributed by atoms with E-state index in [1.54, 1.807) is 6.07 Å². The molecule has 19 heavy (non-hydrogen) atoms. The number of hydrogen-bond donors (Lipinski definition) is 1. The van der Waals surface area contributed by atoms with Gasteiger partial charge in [0.05, 0.1) is 6.10 Å². The molecule has 0 radical (unpaired) electrons. The maximum Gasteiger partial charge on any atom is 0.159 e. The van der Waals surface area contributed by atoms with Crippen LogP contribution in [0.5, 0.6) is 0 Å². The molecule has 2 aromatic rings. The van der Waals surface area contributed by atoms with E-state index in [0.717, 1.165) is 42.0 Å². The van der Waals surface area contributed by atoms with Crippen LogP contribution in [0.4, 0.5) is 8.78 Å². The average Bonchev–Trinajstić information content (AvgIpc) is 2.42. The third kappa shape index (κ3) is 2.26. The maximum absolute atomic E-state index is 13.3. The monoisotopic (exact) mass is 260 g/mol. The Hall–Kier alpha value is -1.74. The summed E-state index contributed by atoms with van der Waals surface area (Å²) in [6.45, 7) is 0. The van der Waals surface area contributed by atoms with Crippen LogP contribution in [0, 0.1) is 11.6 Å². The highest BCUT2D eigenvalue weighted by molar-refractivity contribution is 5.65. The number of halogens is 2. The SMILES string of the molecule is O[C@H]1CCCc2cc(-c3ccc(F)c(F)c3)ccc21. The minimum atomic E-state index is -0.838. The molecule has 0 aromatic heterocycles. The van der Waals surface area contributed by atoms with Crippen molar-refractivity contribution in [2.75, 3.05) is 0 Å². The van der Waals surface area contributed by atoms with Crippen LogP contribution in [0.15, 0.2) is 36.4 Å². The highest BCUT2D eigenvalue weighted by atomic mass is 19.2. The van der Waals surface area contributed by atoms with Crippen molar-refractivity contribution in [1.82, 2.24) is 0 Å². The number of aliphatic hydroxyl groups is 1. The molecule has 0 heterocycles. The number of benzene rings is 2. The number of aryl methyl sites for hydroxylation is 1. The standard InChI is InChI=1S/C16H14F2O/c17-14-7-5-11(9-15(14)18)10-4-6-13-12(8-10)2-1-3-16(13)19/h4-9,16,19H,1-3H2/t16-/m0/s1. The minimum Gasteiger partial charge on any atom is -0.388 e. The zero-order valence-corrected chi connectivity index (χ0v) is 10.4. The number of fused-ring (bicyclic) bond motifs is 1. The third-order valence-electron chi connectivity index (χ3n) is 3.68. The van der Waals surface area contributed by atoms with Gasteiger partial charge in [0.2, 0.25) is 0 Å².